The summed E-state index contributed by atoms with van der Waals surface area (Å²) < 4.78 is 0. The van der Waals surface area contributed by atoms with E-state index in [4.69, 9.17) is 5.11 Å². The zero-order valence-corrected chi connectivity index (χ0v) is 13.9. The number of hydrogen-bond donors (Lipinski definition) is 3. The summed E-state index contributed by atoms with van der Waals surface area (Å²) in [6, 6.07) is 3.77. The first-order chi connectivity index (χ1) is 11.8. The van der Waals surface area contributed by atoms with Gasteiger partial charge in [0.05, 0.1) is 12.0 Å². The summed E-state index contributed by atoms with van der Waals surface area (Å²) in [6.07, 6.45) is 4.95. The second kappa shape index (κ2) is 7.41. The Kier molecular flexibility index (Phi) is 5.07. The Hall–Kier alpha value is -2.45. The third kappa shape index (κ3) is 3.24. The van der Waals surface area contributed by atoms with Gasteiger partial charge in [-0.25, -0.2) is 9.97 Å². The molecule has 24 heavy (non-hydrogen) atoms. The normalized spacial score (nSPS) is 10.9. The molecule has 0 spiro atoms. The number of H-pyrrole nitrogens is 1. The Morgan fingerprint density at radius 3 is 2.96 bits per heavy atom. The minimum atomic E-state index is -0.0297. The first kappa shape index (κ1) is 16.4. The minimum absolute atomic E-state index is 0.0297. The molecule has 0 fully saturated rings. The Bertz CT molecular complexity index is 851. The van der Waals surface area contributed by atoms with E-state index in [-0.39, 0.29) is 6.61 Å². The zero-order valence-electron chi connectivity index (χ0n) is 13.1. The van der Waals surface area contributed by atoms with E-state index in [0.29, 0.717) is 40.5 Å². The number of aliphatic hydroxyl groups is 1. The number of aromatic amines is 1. The van der Waals surface area contributed by atoms with Crippen LogP contribution in [0.5, 0.6) is 0 Å². The Morgan fingerprint density at radius 2 is 2.29 bits per heavy atom. The summed E-state index contributed by atoms with van der Waals surface area (Å²) in [5.74, 6) is 0.540. The van der Waals surface area contributed by atoms with Crippen molar-refractivity contribution in [1.29, 1.82) is 0 Å². The Labute approximate surface area is 142 Å². The van der Waals surface area contributed by atoms with Gasteiger partial charge in [0, 0.05) is 35.1 Å². The van der Waals surface area contributed by atoms with Crippen molar-refractivity contribution < 1.29 is 9.90 Å². The van der Waals surface area contributed by atoms with Gasteiger partial charge < -0.3 is 15.4 Å². The molecule has 7 nitrogen and oxygen atoms in total. The van der Waals surface area contributed by atoms with Crippen molar-refractivity contribution in [2.24, 2.45) is 0 Å². The maximum atomic E-state index is 11.5. The first-order valence-corrected chi connectivity index (χ1v) is 8.38. The van der Waals surface area contributed by atoms with Crippen LogP contribution in [0.15, 0.2) is 34.6 Å². The summed E-state index contributed by atoms with van der Waals surface area (Å²) in [5, 5.41) is 13.3. The molecule has 3 aromatic heterocycles. The van der Waals surface area contributed by atoms with Gasteiger partial charge >= 0.3 is 0 Å². The molecule has 8 heteroatoms. The molecule has 0 aliphatic heterocycles. The van der Waals surface area contributed by atoms with Crippen LogP contribution in [-0.4, -0.2) is 44.5 Å². The van der Waals surface area contributed by atoms with E-state index < -0.39 is 0 Å². The fraction of sp³-hybridized carbons (Fsp3) is 0.250. The summed E-state index contributed by atoms with van der Waals surface area (Å²) in [7, 11) is 0. The fourth-order valence-corrected chi connectivity index (χ4v) is 3.16. The van der Waals surface area contributed by atoms with Gasteiger partial charge in [-0.2, -0.15) is 0 Å². The monoisotopic (exact) mass is 343 g/mol. The number of anilines is 1. The van der Waals surface area contributed by atoms with E-state index in [2.05, 4.69) is 25.3 Å². The molecule has 0 saturated carbocycles. The third-order valence-corrected chi connectivity index (χ3v) is 4.31. The van der Waals surface area contributed by atoms with E-state index in [9.17, 15) is 4.79 Å². The quantitative estimate of drug-likeness (QED) is 0.446. The predicted molar refractivity (Wildman–Crippen MR) is 92.6 cm³/mol. The molecule has 0 bridgehead atoms. The smallest absolute Gasteiger partial charge is 0.196 e. The number of nitrogens with one attached hydrogen (secondary N) is 2. The minimum Gasteiger partial charge on any atom is -0.395 e. The molecular weight excluding hydrogens is 326 g/mol. The lowest BCUT2D eigenvalue weighted by Crippen LogP contribution is -2.08. The van der Waals surface area contributed by atoms with Crippen LogP contribution in [0.25, 0.3) is 11.0 Å². The lowest BCUT2D eigenvalue weighted by Gasteiger charge is -2.08. The van der Waals surface area contributed by atoms with E-state index in [1.54, 1.807) is 12.4 Å². The van der Waals surface area contributed by atoms with Crippen molar-refractivity contribution in [2.45, 2.75) is 23.4 Å². The highest BCUT2D eigenvalue weighted by atomic mass is 32.2. The number of aliphatic hydroxyl groups excluding tert-OH is 1. The number of aromatic nitrogens is 4. The van der Waals surface area contributed by atoms with Crippen molar-refractivity contribution >= 4 is 34.9 Å². The molecule has 3 N–H and O–H groups in total. The molecule has 0 aliphatic rings. The second-order valence-electron chi connectivity index (χ2n) is 5.01. The zero-order chi connectivity index (χ0) is 16.9. The van der Waals surface area contributed by atoms with Crippen LogP contribution in [0.1, 0.15) is 23.0 Å². The molecule has 0 aliphatic carbocycles. The highest BCUT2D eigenvalue weighted by Crippen LogP contribution is 2.31. The van der Waals surface area contributed by atoms with Gasteiger partial charge in [-0.1, -0.05) is 6.92 Å². The van der Waals surface area contributed by atoms with Crippen molar-refractivity contribution in [3.05, 3.63) is 35.8 Å². The predicted octanol–water partition coefficient (Wildman–Crippen LogP) is 2.28. The van der Waals surface area contributed by atoms with Gasteiger partial charge in [0.25, 0.3) is 0 Å². The van der Waals surface area contributed by atoms with Crippen molar-refractivity contribution in [2.75, 3.05) is 18.5 Å². The number of fused-ring (bicyclic) bond motifs is 1. The number of rotatable bonds is 7. The average Bonchev–Trinajstić information content (AvgIpc) is 2.98. The van der Waals surface area contributed by atoms with Gasteiger partial charge in [0.15, 0.2) is 11.4 Å². The average molecular weight is 343 g/mol. The van der Waals surface area contributed by atoms with Crippen molar-refractivity contribution in [3.63, 3.8) is 0 Å². The van der Waals surface area contributed by atoms with Crippen LogP contribution >= 0.6 is 11.8 Å². The Morgan fingerprint density at radius 1 is 1.42 bits per heavy atom. The Balaban J connectivity index is 2.10. The number of aldehydes is 1. The summed E-state index contributed by atoms with van der Waals surface area (Å²) in [6.45, 7) is 2.28. The van der Waals surface area contributed by atoms with Crippen LogP contribution in [0.4, 0.5) is 5.82 Å². The molecule has 0 atom stereocenters. The highest BCUT2D eigenvalue weighted by molar-refractivity contribution is 7.99. The van der Waals surface area contributed by atoms with Gasteiger partial charge in [-0.3, -0.25) is 9.78 Å². The highest BCUT2D eigenvalue weighted by Gasteiger charge is 2.17. The lowest BCUT2D eigenvalue weighted by atomic mass is 10.1. The maximum Gasteiger partial charge on any atom is 0.196 e. The van der Waals surface area contributed by atoms with Crippen LogP contribution in [0, 0.1) is 0 Å². The summed E-state index contributed by atoms with van der Waals surface area (Å²) in [5.41, 5.74) is 1.99. The van der Waals surface area contributed by atoms with E-state index in [0.717, 1.165) is 16.9 Å². The van der Waals surface area contributed by atoms with Crippen molar-refractivity contribution in [3.8, 4) is 0 Å². The number of pyridine rings is 1. The molecular formula is C16H17N5O2S. The number of carbonyl (C=O) groups excluding carboxylic acids is 1. The number of carbonyl (C=O) groups is 1. The molecule has 3 rings (SSSR count). The molecule has 0 amide bonds. The van der Waals surface area contributed by atoms with Crippen LogP contribution in [-0.2, 0) is 6.42 Å². The summed E-state index contributed by atoms with van der Waals surface area (Å²) in [4.78, 5) is 28.7. The molecule has 3 heterocycles. The topological polar surface area (TPSA) is 104 Å². The summed E-state index contributed by atoms with van der Waals surface area (Å²) >= 11 is 1.38. The largest absolute Gasteiger partial charge is 0.395 e. The van der Waals surface area contributed by atoms with Gasteiger partial charge in [0.2, 0.25) is 0 Å². The van der Waals surface area contributed by atoms with Gasteiger partial charge in [-0.15, -0.1) is 0 Å². The van der Waals surface area contributed by atoms with Crippen molar-refractivity contribution in [1.82, 2.24) is 19.9 Å². The molecule has 0 radical (unpaired) electrons. The van der Waals surface area contributed by atoms with Gasteiger partial charge in [-0.05, 0) is 30.3 Å². The van der Waals surface area contributed by atoms with Crippen LogP contribution < -0.4 is 5.32 Å². The molecule has 0 saturated heterocycles. The second-order valence-corrected chi connectivity index (χ2v) is 6.05. The number of nitrogens with zero attached hydrogens (tertiary/aromatic N) is 3. The van der Waals surface area contributed by atoms with Crippen LogP contribution in [0.2, 0.25) is 0 Å². The molecule has 3 aromatic rings. The lowest BCUT2D eigenvalue weighted by molar-refractivity contribution is 0.112. The standard InChI is InChI=1S/C16H17N5O2S/c1-2-12-11(9-23)13-14(18-6-7-22)20-16(21-15(13)19-12)24-10-4-3-5-17-8-10/h3-5,8-9,22H,2,6-7H2,1H3,(H2,18,19,20,21). The maximum absolute atomic E-state index is 11.5. The third-order valence-electron chi connectivity index (χ3n) is 3.47. The van der Waals surface area contributed by atoms with Crippen LogP contribution in [0.3, 0.4) is 0 Å². The van der Waals surface area contributed by atoms with Gasteiger partial charge in [0.1, 0.15) is 11.5 Å². The number of hydrogen-bond acceptors (Lipinski definition) is 7. The molecule has 124 valence electrons. The number of aryl methyl sites for hydroxylation is 1. The molecule has 0 aromatic carbocycles. The first-order valence-electron chi connectivity index (χ1n) is 7.57. The van der Waals surface area contributed by atoms with E-state index >= 15 is 0 Å². The SMILES string of the molecule is CCc1[nH]c2nc(Sc3cccnc3)nc(NCCO)c2c1C=O. The van der Waals surface area contributed by atoms with E-state index in [1.165, 1.54) is 11.8 Å². The fourth-order valence-electron chi connectivity index (χ4n) is 2.42. The molecule has 0 unspecified atom stereocenters. The van der Waals surface area contributed by atoms with E-state index in [1.807, 2.05) is 19.1 Å².